The number of hydrogen-bond acceptors (Lipinski definition) is 6. The summed E-state index contributed by atoms with van der Waals surface area (Å²) in [4.78, 5) is 28.3. The Balaban J connectivity index is 2.12. The molecule has 0 spiro atoms. The Morgan fingerprint density at radius 2 is 1.56 bits per heavy atom. The van der Waals surface area contributed by atoms with E-state index in [-0.39, 0.29) is 34.5 Å². The Morgan fingerprint density at radius 1 is 0.930 bits per heavy atom. The monoisotopic (exact) mass is 613 g/mol. The molecular weight excluding hydrogens is 573 g/mol. The molecule has 232 valence electrons. The van der Waals surface area contributed by atoms with Gasteiger partial charge in [0.1, 0.15) is 18.4 Å². The first-order valence-corrected chi connectivity index (χ1v) is 15.4. The van der Waals surface area contributed by atoms with Gasteiger partial charge in [0.05, 0.1) is 24.8 Å². The lowest BCUT2D eigenvalue weighted by atomic mass is 10.1. The molecular formula is C32H40FN3O6S. The van der Waals surface area contributed by atoms with E-state index in [1.54, 1.807) is 25.1 Å². The molecule has 0 aliphatic heterocycles. The summed E-state index contributed by atoms with van der Waals surface area (Å²) in [6, 6.07) is 14.2. The van der Waals surface area contributed by atoms with Crippen LogP contribution in [-0.4, -0.2) is 58.0 Å². The number of ether oxygens (including phenoxy) is 2. The van der Waals surface area contributed by atoms with Crippen molar-refractivity contribution >= 4 is 27.5 Å². The van der Waals surface area contributed by atoms with Gasteiger partial charge < -0.3 is 19.7 Å². The molecule has 2 atom stereocenters. The lowest BCUT2D eigenvalue weighted by Crippen LogP contribution is -2.52. The van der Waals surface area contributed by atoms with Crippen LogP contribution in [0.2, 0.25) is 0 Å². The molecule has 0 unspecified atom stereocenters. The molecule has 0 radical (unpaired) electrons. The van der Waals surface area contributed by atoms with E-state index in [4.69, 9.17) is 9.47 Å². The summed E-state index contributed by atoms with van der Waals surface area (Å²) in [5, 5.41) is 2.86. The van der Waals surface area contributed by atoms with E-state index in [0.29, 0.717) is 12.2 Å². The standard InChI is InChI=1S/C32H40FN3O6S/c1-8-23(4)34-32(38)24(5)35(19-25-11-9-10-12-28(25)33)31(37)20-36(26-16-21(2)15-22(3)17-26)43(39,40)27-13-14-29(41-6)30(18-27)42-7/h9-18,23-24H,8,19-20H2,1-7H3,(H,34,38)/t23-,24+/m1/s1. The van der Waals surface area contributed by atoms with Crippen molar-refractivity contribution in [3.8, 4) is 11.5 Å². The van der Waals surface area contributed by atoms with Crippen LogP contribution in [0.1, 0.15) is 43.9 Å². The van der Waals surface area contributed by atoms with E-state index < -0.39 is 40.2 Å². The number of aryl methyl sites for hydroxylation is 2. The summed E-state index contributed by atoms with van der Waals surface area (Å²) in [7, 11) is -1.51. The fraction of sp³-hybridized carbons (Fsp3) is 0.375. The number of sulfonamides is 1. The molecule has 43 heavy (non-hydrogen) atoms. The van der Waals surface area contributed by atoms with Gasteiger partial charge in [-0.3, -0.25) is 13.9 Å². The maximum absolute atomic E-state index is 14.7. The van der Waals surface area contributed by atoms with Gasteiger partial charge in [-0.05, 0) is 75.6 Å². The Kier molecular flexibility index (Phi) is 11.2. The first kappa shape index (κ1) is 33.4. The molecule has 1 N–H and O–H groups in total. The van der Waals surface area contributed by atoms with Crippen molar-refractivity contribution in [2.75, 3.05) is 25.1 Å². The predicted octanol–water partition coefficient (Wildman–Crippen LogP) is 4.99. The molecule has 0 aliphatic carbocycles. The van der Waals surface area contributed by atoms with Gasteiger partial charge in [0, 0.05) is 24.2 Å². The Labute approximate surface area is 253 Å². The van der Waals surface area contributed by atoms with Gasteiger partial charge >= 0.3 is 0 Å². The van der Waals surface area contributed by atoms with Gasteiger partial charge in [-0.15, -0.1) is 0 Å². The SMILES string of the molecule is CC[C@@H](C)NC(=O)[C@H](C)N(Cc1ccccc1F)C(=O)CN(c1cc(C)cc(C)c1)S(=O)(=O)c1ccc(OC)c(OC)c1. The van der Waals surface area contributed by atoms with E-state index >= 15 is 0 Å². The third-order valence-electron chi connectivity index (χ3n) is 7.18. The largest absolute Gasteiger partial charge is 0.493 e. The highest BCUT2D eigenvalue weighted by atomic mass is 32.2. The van der Waals surface area contributed by atoms with Crippen LogP contribution in [-0.2, 0) is 26.2 Å². The van der Waals surface area contributed by atoms with E-state index in [9.17, 15) is 22.4 Å². The van der Waals surface area contributed by atoms with Crippen LogP contribution in [0.25, 0.3) is 0 Å². The van der Waals surface area contributed by atoms with Gasteiger partial charge in [0.25, 0.3) is 10.0 Å². The number of benzene rings is 3. The number of hydrogen-bond donors (Lipinski definition) is 1. The highest BCUT2D eigenvalue weighted by Crippen LogP contribution is 2.33. The molecule has 0 saturated carbocycles. The number of carbonyl (C=O) groups excluding carboxylic acids is 2. The normalized spacial score (nSPS) is 12.7. The van der Waals surface area contributed by atoms with Crippen molar-refractivity contribution in [3.63, 3.8) is 0 Å². The number of rotatable bonds is 13. The third kappa shape index (κ3) is 8.04. The van der Waals surface area contributed by atoms with Crippen LogP contribution in [0, 0.1) is 19.7 Å². The summed E-state index contributed by atoms with van der Waals surface area (Å²) in [6.07, 6.45) is 0.670. The van der Waals surface area contributed by atoms with Crippen LogP contribution < -0.4 is 19.1 Å². The number of methoxy groups -OCH3 is 2. The van der Waals surface area contributed by atoms with Gasteiger partial charge in [0.2, 0.25) is 11.8 Å². The number of amides is 2. The fourth-order valence-corrected chi connectivity index (χ4v) is 6.00. The maximum atomic E-state index is 14.7. The molecule has 0 aromatic heterocycles. The van der Waals surface area contributed by atoms with Crippen molar-refractivity contribution < 1.29 is 31.9 Å². The molecule has 0 saturated heterocycles. The molecule has 0 bridgehead atoms. The van der Waals surface area contributed by atoms with Crippen molar-refractivity contribution in [3.05, 3.63) is 83.2 Å². The average Bonchev–Trinajstić information content (AvgIpc) is 2.97. The van der Waals surface area contributed by atoms with Crippen LogP contribution in [0.5, 0.6) is 11.5 Å². The van der Waals surface area contributed by atoms with E-state index in [0.717, 1.165) is 15.4 Å². The molecule has 0 fully saturated rings. The minimum absolute atomic E-state index is 0.125. The number of nitrogens with zero attached hydrogens (tertiary/aromatic N) is 2. The van der Waals surface area contributed by atoms with E-state index in [1.807, 2.05) is 33.8 Å². The molecule has 0 heterocycles. The number of halogens is 1. The van der Waals surface area contributed by atoms with Crippen molar-refractivity contribution in [2.45, 2.75) is 64.6 Å². The quantitative estimate of drug-likeness (QED) is 0.291. The highest BCUT2D eigenvalue weighted by Gasteiger charge is 2.33. The van der Waals surface area contributed by atoms with Gasteiger partial charge in [-0.1, -0.05) is 31.2 Å². The maximum Gasteiger partial charge on any atom is 0.264 e. The first-order valence-electron chi connectivity index (χ1n) is 14.0. The number of carbonyl (C=O) groups is 2. The Morgan fingerprint density at radius 3 is 2.14 bits per heavy atom. The smallest absolute Gasteiger partial charge is 0.264 e. The molecule has 2 amide bonds. The molecule has 11 heteroatoms. The lowest BCUT2D eigenvalue weighted by molar-refractivity contribution is -0.139. The summed E-state index contributed by atoms with van der Waals surface area (Å²) in [5.41, 5.74) is 2.04. The highest BCUT2D eigenvalue weighted by molar-refractivity contribution is 7.92. The second kappa shape index (κ2) is 14.4. The summed E-state index contributed by atoms with van der Waals surface area (Å²) < 4.78 is 54.7. The summed E-state index contributed by atoms with van der Waals surface area (Å²) in [5.74, 6) is -1.11. The lowest BCUT2D eigenvalue weighted by Gasteiger charge is -2.32. The van der Waals surface area contributed by atoms with Crippen LogP contribution >= 0.6 is 0 Å². The minimum atomic E-state index is -4.35. The second-order valence-electron chi connectivity index (χ2n) is 10.5. The van der Waals surface area contributed by atoms with Crippen LogP contribution in [0.3, 0.4) is 0 Å². The number of nitrogens with one attached hydrogen (secondary N) is 1. The zero-order chi connectivity index (χ0) is 31.9. The topological polar surface area (TPSA) is 105 Å². The molecule has 9 nitrogen and oxygen atoms in total. The number of anilines is 1. The second-order valence-corrected chi connectivity index (χ2v) is 12.3. The molecule has 0 aliphatic rings. The Hall–Kier alpha value is -4.12. The third-order valence-corrected chi connectivity index (χ3v) is 8.95. The zero-order valence-corrected chi connectivity index (χ0v) is 26.5. The molecule has 3 aromatic carbocycles. The van der Waals surface area contributed by atoms with Crippen molar-refractivity contribution in [2.24, 2.45) is 0 Å². The first-order chi connectivity index (χ1) is 20.3. The Bertz CT molecular complexity index is 1540. The van der Waals surface area contributed by atoms with Gasteiger partial charge in [0.15, 0.2) is 11.5 Å². The zero-order valence-electron chi connectivity index (χ0n) is 25.7. The average molecular weight is 614 g/mol. The van der Waals surface area contributed by atoms with Gasteiger partial charge in [-0.25, -0.2) is 12.8 Å². The molecule has 3 rings (SSSR count). The van der Waals surface area contributed by atoms with Gasteiger partial charge in [-0.2, -0.15) is 0 Å². The van der Waals surface area contributed by atoms with E-state index in [2.05, 4.69) is 5.32 Å². The van der Waals surface area contributed by atoms with Crippen LogP contribution in [0.15, 0.2) is 65.6 Å². The predicted molar refractivity (Wildman–Crippen MR) is 164 cm³/mol. The fourth-order valence-electron chi connectivity index (χ4n) is 4.59. The minimum Gasteiger partial charge on any atom is -0.493 e. The van der Waals surface area contributed by atoms with E-state index in [1.165, 1.54) is 55.5 Å². The summed E-state index contributed by atoms with van der Waals surface area (Å²) >= 11 is 0. The van der Waals surface area contributed by atoms with Crippen molar-refractivity contribution in [1.82, 2.24) is 10.2 Å². The molecule has 3 aromatic rings. The summed E-state index contributed by atoms with van der Waals surface area (Å²) in [6.45, 7) is 8.06. The van der Waals surface area contributed by atoms with Crippen LogP contribution in [0.4, 0.5) is 10.1 Å². The van der Waals surface area contributed by atoms with Crippen molar-refractivity contribution in [1.29, 1.82) is 0 Å².